The lowest BCUT2D eigenvalue weighted by Gasteiger charge is -2.31. The number of hydrogen-bond donors (Lipinski definition) is 1. The Bertz CT molecular complexity index is 660. The second kappa shape index (κ2) is 6.27. The SMILES string of the molecule is Cn1cc(-c2cncc(C(=O)N3CCC(CO)CC3)c2)cn1. The van der Waals surface area contributed by atoms with Crippen LogP contribution in [0.3, 0.4) is 0 Å². The lowest BCUT2D eigenvalue weighted by atomic mass is 9.97. The summed E-state index contributed by atoms with van der Waals surface area (Å²) in [5, 5.41) is 13.3. The summed E-state index contributed by atoms with van der Waals surface area (Å²) >= 11 is 0. The molecule has 3 rings (SSSR count). The van der Waals surface area contributed by atoms with Gasteiger partial charge in [-0.3, -0.25) is 14.5 Å². The Morgan fingerprint density at radius 2 is 2.05 bits per heavy atom. The first-order valence-electron chi connectivity index (χ1n) is 7.51. The minimum atomic E-state index is 0.00892. The first-order chi connectivity index (χ1) is 10.7. The van der Waals surface area contributed by atoms with Crippen molar-refractivity contribution in [2.24, 2.45) is 13.0 Å². The maximum atomic E-state index is 12.6. The molecule has 0 aromatic carbocycles. The van der Waals surface area contributed by atoms with Crippen LogP contribution in [-0.4, -0.2) is 50.4 Å². The normalized spacial score (nSPS) is 16.0. The number of likely N-dealkylation sites (tertiary alicyclic amines) is 1. The van der Waals surface area contributed by atoms with Gasteiger partial charge in [0.25, 0.3) is 5.91 Å². The number of aliphatic hydroxyl groups is 1. The molecule has 1 saturated heterocycles. The van der Waals surface area contributed by atoms with Gasteiger partial charge in [-0.25, -0.2) is 0 Å². The summed E-state index contributed by atoms with van der Waals surface area (Å²) in [5.74, 6) is 0.332. The number of piperidine rings is 1. The minimum absolute atomic E-state index is 0.00892. The van der Waals surface area contributed by atoms with Gasteiger partial charge in [0, 0.05) is 56.5 Å². The molecule has 0 bridgehead atoms. The molecule has 1 aliphatic rings. The van der Waals surface area contributed by atoms with Crippen molar-refractivity contribution < 1.29 is 9.90 Å². The van der Waals surface area contributed by atoms with Crippen molar-refractivity contribution >= 4 is 5.91 Å². The number of carbonyl (C=O) groups is 1. The Morgan fingerprint density at radius 3 is 2.68 bits per heavy atom. The van der Waals surface area contributed by atoms with E-state index in [9.17, 15) is 9.90 Å². The zero-order chi connectivity index (χ0) is 15.5. The van der Waals surface area contributed by atoms with E-state index < -0.39 is 0 Å². The molecule has 116 valence electrons. The number of amides is 1. The highest BCUT2D eigenvalue weighted by Gasteiger charge is 2.23. The number of nitrogens with zero attached hydrogens (tertiary/aromatic N) is 4. The second-order valence-electron chi connectivity index (χ2n) is 5.78. The van der Waals surface area contributed by atoms with E-state index in [0.29, 0.717) is 24.6 Å². The third kappa shape index (κ3) is 3.01. The van der Waals surface area contributed by atoms with Gasteiger partial charge in [0.2, 0.25) is 0 Å². The Balaban J connectivity index is 1.76. The zero-order valence-corrected chi connectivity index (χ0v) is 12.6. The van der Waals surface area contributed by atoms with Crippen molar-refractivity contribution in [3.8, 4) is 11.1 Å². The van der Waals surface area contributed by atoms with E-state index in [0.717, 1.165) is 24.0 Å². The monoisotopic (exact) mass is 300 g/mol. The van der Waals surface area contributed by atoms with Crippen LogP contribution in [0.1, 0.15) is 23.2 Å². The molecule has 6 nitrogen and oxygen atoms in total. The maximum Gasteiger partial charge on any atom is 0.255 e. The summed E-state index contributed by atoms with van der Waals surface area (Å²) in [5.41, 5.74) is 2.44. The fraction of sp³-hybridized carbons (Fsp3) is 0.438. The zero-order valence-electron chi connectivity index (χ0n) is 12.6. The van der Waals surface area contributed by atoms with Gasteiger partial charge in [-0.2, -0.15) is 5.10 Å². The second-order valence-corrected chi connectivity index (χ2v) is 5.78. The molecule has 0 saturated carbocycles. The van der Waals surface area contributed by atoms with Gasteiger partial charge in [-0.05, 0) is 24.8 Å². The van der Waals surface area contributed by atoms with Crippen molar-refractivity contribution in [3.05, 3.63) is 36.4 Å². The van der Waals surface area contributed by atoms with Crippen LogP contribution in [0.5, 0.6) is 0 Å². The summed E-state index contributed by atoms with van der Waals surface area (Å²) in [7, 11) is 1.86. The molecular weight excluding hydrogens is 280 g/mol. The maximum absolute atomic E-state index is 12.6. The van der Waals surface area contributed by atoms with E-state index in [4.69, 9.17) is 0 Å². The van der Waals surface area contributed by atoms with Crippen LogP contribution < -0.4 is 0 Å². The number of aromatic nitrogens is 3. The van der Waals surface area contributed by atoms with E-state index in [-0.39, 0.29) is 12.5 Å². The van der Waals surface area contributed by atoms with E-state index in [2.05, 4.69) is 10.1 Å². The summed E-state index contributed by atoms with van der Waals surface area (Å²) < 4.78 is 1.73. The van der Waals surface area contributed by atoms with Crippen LogP contribution in [0, 0.1) is 5.92 Å². The molecule has 1 amide bonds. The van der Waals surface area contributed by atoms with Gasteiger partial charge in [0.15, 0.2) is 0 Å². The van der Waals surface area contributed by atoms with Gasteiger partial charge >= 0.3 is 0 Å². The van der Waals surface area contributed by atoms with Crippen LogP contribution in [0.25, 0.3) is 11.1 Å². The first kappa shape index (κ1) is 14.7. The highest BCUT2D eigenvalue weighted by Crippen LogP contribution is 2.21. The highest BCUT2D eigenvalue weighted by molar-refractivity contribution is 5.95. The molecule has 0 aliphatic carbocycles. The Morgan fingerprint density at radius 1 is 1.27 bits per heavy atom. The molecule has 2 aromatic rings. The Hall–Kier alpha value is -2.21. The third-order valence-electron chi connectivity index (χ3n) is 4.18. The molecule has 0 spiro atoms. The topological polar surface area (TPSA) is 71.2 Å². The first-order valence-corrected chi connectivity index (χ1v) is 7.51. The molecule has 0 radical (unpaired) electrons. The predicted octanol–water partition coefficient (Wildman–Crippen LogP) is 1.33. The summed E-state index contributed by atoms with van der Waals surface area (Å²) in [6.07, 6.45) is 8.73. The van der Waals surface area contributed by atoms with Gasteiger partial charge in [-0.1, -0.05) is 0 Å². The van der Waals surface area contributed by atoms with Crippen LogP contribution in [0.15, 0.2) is 30.9 Å². The standard InChI is InChI=1S/C16H20N4O2/c1-19-10-15(9-18-19)13-6-14(8-17-7-13)16(22)20-4-2-12(11-21)3-5-20/h6-10,12,21H,2-5,11H2,1H3. The average molecular weight is 300 g/mol. The van der Waals surface area contributed by atoms with E-state index in [1.165, 1.54) is 0 Å². The average Bonchev–Trinajstić information content (AvgIpc) is 3.01. The molecule has 22 heavy (non-hydrogen) atoms. The number of aliphatic hydroxyl groups excluding tert-OH is 1. The van der Waals surface area contributed by atoms with Crippen molar-refractivity contribution in [2.45, 2.75) is 12.8 Å². The molecule has 2 aromatic heterocycles. The predicted molar refractivity (Wildman–Crippen MR) is 82.2 cm³/mol. The smallest absolute Gasteiger partial charge is 0.255 e. The van der Waals surface area contributed by atoms with Crippen LogP contribution in [0.2, 0.25) is 0 Å². The van der Waals surface area contributed by atoms with Crippen LogP contribution in [-0.2, 0) is 7.05 Å². The fourth-order valence-corrected chi connectivity index (χ4v) is 2.79. The van der Waals surface area contributed by atoms with Gasteiger partial charge < -0.3 is 10.0 Å². The molecule has 1 aliphatic heterocycles. The summed E-state index contributed by atoms with van der Waals surface area (Å²) in [4.78, 5) is 18.6. The molecular formula is C16H20N4O2. The Kier molecular flexibility index (Phi) is 4.20. The minimum Gasteiger partial charge on any atom is -0.396 e. The molecule has 0 atom stereocenters. The highest BCUT2D eigenvalue weighted by atomic mass is 16.3. The van der Waals surface area contributed by atoms with Gasteiger partial charge in [-0.15, -0.1) is 0 Å². The van der Waals surface area contributed by atoms with Crippen LogP contribution >= 0.6 is 0 Å². The summed E-state index contributed by atoms with van der Waals surface area (Å²) in [6.45, 7) is 1.60. The van der Waals surface area contributed by atoms with Crippen molar-refractivity contribution in [2.75, 3.05) is 19.7 Å². The van der Waals surface area contributed by atoms with Gasteiger partial charge in [0.05, 0.1) is 11.8 Å². The van der Waals surface area contributed by atoms with Gasteiger partial charge in [0.1, 0.15) is 0 Å². The van der Waals surface area contributed by atoms with Crippen molar-refractivity contribution in [1.29, 1.82) is 0 Å². The number of aryl methyl sites for hydroxylation is 1. The van der Waals surface area contributed by atoms with Crippen LogP contribution in [0.4, 0.5) is 0 Å². The summed E-state index contributed by atoms with van der Waals surface area (Å²) in [6, 6.07) is 1.87. The number of rotatable bonds is 3. The molecule has 3 heterocycles. The number of carbonyl (C=O) groups excluding carboxylic acids is 1. The third-order valence-corrected chi connectivity index (χ3v) is 4.18. The number of pyridine rings is 1. The van der Waals surface area contributed by atoms with Crippen molar-refractivity contribution in [3.63, 3.8) is 0 Å². The number of hydrogen-bond acceptors (Lipinski definition) is 4. The molecule has 1 fully saturated rings. The molecule has 1 N–H and O–H groups in total. The lowest BCUT2D eigenvalue weighted by Crippen LogP contribution is -2.39. The molecule has 0 unspecified atom stereocenters. The quantitative estimate of drug-likeness (QED) is 0.928. The van der Waals surface area contributed by atoms with E-state index in [1.54, 1.807) is 23.3 Å². The fourth-order valence-electron chi connectivity index (χ4n) is 2.79. The van der Waals surface area contributed by atoms with E-state index >= 15 is 0 Å². The Labute approximate surface area is 129 Å². The molecule has 6 heteroatoms. The largest absolute Gasteiger partial charge is 0.396 e. The lowest BCUT2D eigenvalue weighted by molar-refractivity contribution is 0.0650. The van der Waals surface area contributed by atoms with E-state index in [1.807, 2.05) is 24.2 Å². The van der Waals surface area contributed by atoms with Crippen molar-refractivity contribution in [1.82, 2.24) is 19.7 Å².